The molecule has 2 aromatic carbocycles. The zero-order valence-electron chi connectivity index (χ0n) is 13.4. The van der Waals surface area contributed by atoms with Crippen LogP contribution in [0.4, 0.5) is 0 Å². The second kappa shape index (κ2) is 6.98. The Morgan fingerprint density at radius 2 is 1.83 bits per heavy atom. The van der Waals surface area contributed by atoms with Crippen LogP contribution < -0.4 is 4.72 Å². The molecule has 3 aromatic rings. The Morgan fingerprint density at radius 3 is 2.54 bits per heavy atom. The van der Waals surface area contributed by atoms with Crippen LogP contribution in [0.25, 0.3) is 5.69 Å². The summed E-state index contributed by atoms with van der Waals surface area (Å²) in [5.74, 6) is -0.0273. The third-order valence-corrected chi connectivity index (χ3v) is 5.03. The summed E-state index contributed by atoms with van der Waals surface area (Å²) in [7, 11) is -3.41. The first-order valence-corrected chi connectivity index (χ1v) is 9.28. The number of imidazole rings is 1. The van der Waals surface area contributed by atoms with Crippen LogP contribution in [0.3, 0.4) is 0 Å². The minimum absolute atomic E-state index is 0.0273. The van der Waals surface area contributed by atoms with Crippen molar-refractivity contribution >= 4 is 10.0 Å². The van der Waals surface area contributed by atoms with E-state index >= 15 is 0 Å². The minimum atomic E-state index is -3.41. The molecular formula is C18H19N3O2S. The largest absolute Gasteiger partial charge is 0.306 e. The molecule has 0 radical (unpaired) electrons. The lowest BCUT2D eigenvalue weighted by Gasteiger charge is -2.12. The molecule has 0 aliphatic rings. The number of hydrogen-bond donors (Lipinski definition) is 1. The topological polar surface area (TPSA) is 64.0 Å². The summed E-state index contributed by atoms with van der Waals surface area (Å²) in [6.07, 6.45) is 5.22. The molecule has 3 rings (SSSR count). The highest BCUT2D eigenvalue weighted by molar-refractivity contribution is 7.88. The van der Waals surface area contributed by atoms with Crippen LogP contribution in [0.1, 0.15) is 16.7 Å². The van der Waals surface area contributed by atoms with Crippen molar-refractivity contribution in [3.05, 3.63) is 83.9 Å². The summed E-state index contributed by atoms with van der Waals surface area (Å²) < 4.78 is 29.2. The van der Waals surface area contributed by atoms with Crippen molar-refractivity contribution in [2.24, 2.45) is 0 Å². The summed E-state index contributed by atoms with van der Waals surface area (Å²) in [6.45, 7) is 2.21. The molecule has 0 unspecified atom stereocenters. The molecule has 0 atom stereocenters. The third-order valence-electron chi connectivity index (χ3n) is 3.73. The Morgan fingerprint density at radius 1 is 1.08 bits per heavy atom. The van der Waals surface area contributed by atoms with Crippen LogP contribution in [0.15, 0.2) is 67.3 Å². The standard InChI is InChI=1S/C18H19N3O2S/c1-15-6-8-16(9-7-15)13-24(22,23)20-12-17-4-2-3-5-18(17)21-11-10-19-14-21/h2-11,14,20H,12-13H2,1H3. The lowest BCUT2D eigenvalue weighted by molar-refractivity contribution is 0.580. The Hall–Kier alpha value is -2.44. The maximum atomic E-state index is 12.3. The average Bonchev–Trinajstić information content (AvgIpc) is 3.10. The molecule has 0 spiro atoms. The average molecular weight is 341 g/mol. The van der Waals surface area contributed by atoms with Gasteiger partial charge in [0.1, 0.15) is 0 Å². The zero-order valence-corrected chi connectivity index (χ0v) is 14.2. The maximum absolute atomic E-state index is 12.3. The van der Waals surface area contributed by atoms with Gasteiger partial charge >= 0.3 is 0 Å². The maximum Gasteiger partial charge on any atom is 0.216 e. The van der Waals surface area contributed by atoms with Crippen molar-refractivity contribution in [3.63, 3.8) is 0 Å². The summed E-state index contributed by atoms with van der Waals surface area (Å²) in [6, 6.07) is 15.2. The van der Waals surface area contributed by atoms with Gasteiger partial charge in [-0.1, -0.05) is 48.0 Å². The van der Waals surface area contributed by atoms with Crippen molar-refractivity contribution in [2.45, 2.75) is 19.2 Å². The van der Waals surface area contributed by atoms with Gasteiger partial charge in [0.15, 0.2) is 0 Å². The monoisotopic (exact) mass is 341 g/mol. The predicted octanol–water partition coefficient (Wildman–Crippen LogP) is 2.80. The van der Waals surface area contributed by atoms with Gasteiger partial charge in [-0.25, -0.2) is 18.1 Å². The molecule has 1 N–H and O–H groups in total. The number of para-hydroxylation sites is 1. The van der Waals surface area contributed by atoms with Gasteiger partial charge in [0, 0.05) is 18.9 Å². The van der Waals surface area contributed by atoms with E-state index in [1.165, 1.54) is 0 Å². The fourth-order valence-corrected chi connectivity index (χ4v) is 3.57. The van der Waals surface area contributed by atoms with Crippen LogP contribution in [-0.2, 0) is 22.3 Å². The first-order valence-electron chi connectivity index (χ1n) is 7.63. The van der Waals surface area contributed by atoms with E-state index in [0.717, 1.165) is 22.4 Å². The summed E-state index contributed by atoms with van der Waals surface area (Å²) in [5.41, 5.74) is 3.69. The Kier molecular flexibility index (Phi) is 4.78. The molecule has 0 saturated carbocycles. The lowest BCUT2D eigenvalue weighted by Crippen LogP contribution is -2.25. The smallest absolute Gasteiger partial charge is 0.216 e. The van der Waals surface area contributed by atoms with Crippen molar-refractivity contribution in [2.75, 3.05) is 0 Å². The van der Waals surface area contributed by atoms with Gasteiger partial charge in [-0.2, -0.15) is 0 Å². The van der Waals surface area contributed by atoms with Crippen molar-refractivity contribution < 1.29 is 8.42 Å². The Balaban J connectivity index is 1.72. The van der Waals surface area contributed by atoms with Gasteiger partial charge in [0.05, 0.1) is 17.8 Å². The number of benzene rings is 2. The van der Waals surface area contributed by atoms with Crippen LogP contribution >= 0.6 is 0 Å². The molecule has 1 aromatic heterocycles. The highest BCUT2D eigenvalue weighted by Crippen LogP contribution is 2.15. The summed E-state index contributed by atoms with van der Waals surface area (Å²) in [4.78, 5) is 4.04. The molecule has 0 saturated heterocycles. The van der Waals surface area contributed by atoms with E-state index in [1.54, 1.807) is 12.5 Å². The number of sulfonamides is 1. The molecule has 6 heteroatoms. The molecule has 124 valence electrons. The first kappa shape index (κ1) is 16.4. The SMILES string of the molecule is Cc1ccc(CS(=O)(=O)NCc2ccccc2-n2ccnc2)cc1. The normalized spacial score (nSPS) is 11.5. The Labute approximate surface area is 142 Å². The van der Waals surface area contributed by atoms with Gasteiger partial charge in [0.2, 0.25) is 10.0 Å². The van der Waals surface area contributed by atoms with E-state index in [-0.39, 0.29) is 12.3 Å². The molecule has 1 heterocycles. The number of rotatable bonds is 6. The van der Waals surface area contributed by atoms with Gasteiger partial charge in [-0.3, -0.25) is 0 Å². The predicted molar refractivity (Wildman–Crippen MR) is 94.2 cm³/mol. The number of nitrogens with zero attached hydrogens (tertiary/aromatic N) is 2. The van der Waals surface area contributed by atoms with E-state index in [9.17, 15) is 8.42 Å². The van der Waals surface area contributed by atoms with E-state index < -0.39 is 10.0 Å². The van der Waals surface area contributed by atoms with E-state index in [1.807, 2.05) is 66.2 Å². The fourth-order valence-electron chi connectivity index (χ4n) is 2.46. The van der Waals surface area contributed by atoms with Gasteiger partial charge in [-0.15, -0.1) is 0 Å². The van der Waals surface area contributed by atoms with E-state index in [0.29, 0.717) is 0 Å². The minimum Gasteiger partial charge on any atom is -0.306 e. The second-order valence-electron chi connectivity index (χ2n) is 5.66. The molecule has 0 bridgehead atoms. The molecule has 0 fully saturated rings. The summed E-state index contributed by atoms with van der Waals surface area (Å²) in [5, 5.41) is 0. The summed E-state index contributed by atoms with van der Waals surface area (Å²) >= 11 is 0. The van der Waals surface area contributed by atoms with Crippen molar-refractivity contribution in [1.82, 2.24) is 14.3 Å². The van der Waals surface area contributed by atoms with E-state index in [4.69, 9.17) is 0 Å². The Bertz CT molecular complexity index is 902. The first-order chi connectivity index (χ1) is 11.5. The van der Waals surface area contributed by atoms with Crippen LogP contribution in [0.2, 0.25) is 0 Å². The molecule has 0 amide bonds. The van der Waals surface area contributed by atoms with Crippen LogP contribution in [0, 0.1) is 6.92 Å². The van der Waals surface area contributed by atoms with Gasteiger partial charge < -0.3 is 4.57 Å². The quantitative estimate of drug-likeness (QED) is 0.750. The fraction of sp³-hybridized carbons (Fsp3) is 0.167. The third kappa shape index (κ3) is 4.10. The molecule has 0 aliphatic heterocycles. The highest BCUT2D eigenvalue weighted by atomic mass is 32.2. The number of aryl methyl sites for hydroxylation is 1. The van der Waals surface area contributed by atoms with E-state index in [2.05, 4.69) is 9.71 Å². The van der Waals surface area contributed by atoms with Gasteiger partial charge in [0.25, 0.3) is 0 Å². The van der Waals surface area contributed by atoms with Crippen LogP contribution in [-0.4, -0.2) is 18.0 Å². The highest BCUT2D eigenvalue weighted by Gasteiger charge is 2.13. The molecule has 5 nitrogen and oxygen atoms in total. The van der Waals surface area contributed by atoms with Gasteiger partial charge in [-0.05, 0) is 24.1 Å². The molecule has 24 heavy (non-hydrogen) atoms. The van der Waals surface area contributed by atoms with Crippen molar-refractivity contribution in [3.8, 4) is 5.69 Å². The van der Waals surface area contributed by atoms with Crippen LogP contribution in [0.5, 0.6) is 0 Å². The molecular weight excluding hydrogens is 322 g/mol. The lowest BCUT2D eigenvalue weighted by atomic mass is 10.2. The number of nitrogens with one attached hydrogen (secondary N) is 1. The number of hydrogen-bond acceptors (Lipinski definition) is 3. The molecule has 0 aliphatic carbocycles. The number of aromatic nitrogens is 2. The zero-order chi connectivity index (χ0) is 17.0. The second-order valence-corrected chi connectivity index (χ2v) is 7.47. The van der Waals surface area contributed by atoms with Crippen molar-refractivity contribution in [1.29, 1.82) is 0 Å².